The molecule has 0 aliphatic heterocycles. The number of rotatable bonds is 2. The molecule has 4 heteroatoms. The van der Waals surface area contributed by atoms with E-state index in [2.05, 4.69) is 10.3 Å². The minimum atomic E-state index is -0.253. The van der Waals surface area contributed by atoms with E-state index in [9.17, 15) is 9.59 Å². The summed E-state index contributed by atoms with van der Waals surface area (Å²) >= 11 is 0. The summed E-state index contributed by atoms with van der Waals surface area (Å²) in [6, 6.07) is 1.37. The molecule has 14 heavy (non-hydrogen) atoms. The summed E-state index contributed by atoms with van der Waals surface area (Å²) < 4.78 is 0. The third kappa shape index (κ3) is 2.45. The van der Waals surface area contributed by atoms with Crippen LogP contribution < -0.4 is 10.7 Å². The number of hydrogen-bond acceptors (Lipinski definition) is 2. The van der Waals surface area contributed by atoms with E-state index < -0.39 is 0 Å². The highest BCUT2D eigenvalue weighted by molar-refractivity contribution is 5.92. The van der Waals surface area contributed by atoms with Crippen LogP contribution in [-0.4, -0.2) is 16.9 Å². The molecule has 0 aliphatic carbocycles. The average molecular weight is 194 g/mol. The lowest BCUT2D eigenvalue weighted by Gasteiger charge is -2.07. The molecule has 1 amide bonds. The van der Waals surface area contributed by atoms with Gasteiger partial charge in [0.25, 0.3) is 5.91 Å². The van der Waals surface area contributed by atoms with E-state index >= 15 is 0 Å². The zero-order chi connectivity index (χ0) is 10.7. The van der Waals surface area contributed by atoms with Gasteiger partial charge in [-0.05, 0) is 20.8 Å². The summed E-state index contributed by atoms with van der Waals surface area (Å²) in [7, 11) is 0. The van der Waals surface area contributed by atoms with Crippen LogP contribution >= 0.6 is 0 Å². The van der Waals surface area contributed by atoms with Crippen molar-refractivity contribution in [1.82, 2.24) is 10.3 Å². The predicted octanol–water partition coefficient (Wildman–Crippen LogP) is 0.822. The molecule has 0 aromatic carbocycles. The molecular formula is C10H14N2O2. The van der Waals surface area contributed by atoms with Crippen LogP contribution in [0.4, 0.5) is 0 Å². The number of carbonyl (C=O) groups excluding carboxylic acids is 1. The van der Waals surface area contributed by atoms with Gasteiger partial charge in [0, 0.05) is 23.9 Å². The number of amides is 1. The molecule has 0 radical (unpaired) electrons. The van der Waals surface area contributed by atoms with Crippen molar-refractivity contribution in [2.45, 2.75) is 26.8 Å². The maximum atomic E-state index is 11.4. The normalized spacial score (nSPS) is 10.3. The van der Waals surface area contributed by atoms with Crippen LogP contribution in [0.15, 0.2) is 17.1 Å². The molecular weight excluding hydrogens is 180 g/mol. The van der Waals surface area contributed by atoms with Crippen LogP contribution in [-0.2, 0) is 0 Å². The van der Waals surface area contributed by atoms with Gasteiger partial charge in [-0.2, -0.15) is 0 Å². The Hall–Kier alpha value is -1.58. The standard InChI is InChI=1S/C10H14N2O2/c1-6(2)12-10(14)8-4-9(13)7(3)5-11-8/h4-6H,1-3H3,(H,11,13)(H,12,14). The zero-order valence-electron chi connectivity index (χ0n) is 8.55. The summed E-state index contributed by atoms with van der Waals surface area (Å²) in [5.41, 5.74) is 0.776. The number of aromatic amines is 1. The fraction of sp³-hybridized carbons (Fsp3) is 0.400. The fourth-order valence-electron chi connectivity index (χ4n) is 1.01. The Balaban J connectivity index is 2.92. The summed E-state index contributed by atoms with van der Waals surface area (Å²) in [6.07, 6.45) is 1.54. The van der Waals surface area contributed by atoms with Gasteiger partial charge >= 0.3 is 0 Å². The molecule has 0 atom stereocenters. The van der Waals surface area contributed by atoms with Gasteiger partial charge in [-0.1, -0.05) is 0 Å². The average Bonchev–Trinajstić information content (AvgIpc) is 2.08. The van der Waals surface area contributed by atoms with E-state index in [0.29, 0.717) is 11.3 Å². The van der Waals surface area contributed by atoms with Crippen molar-refractivity contribution in [3.05, 3.63) is 33.7 Å². The summed E-state index contributed by atoms with van der Waals surface area (Å²) in [5, 5.41) is 2.70. The topological polar surface area (TPSA) is 62.0 Å². The van der Waals surface area contributed by atoms with Crippen molar-refractivity contribution in [3.8, 4) is 0 Å². The Bertz CT molecular complexity index is 393. The SMILES string of the molecule is Cc1c[nH]c(C(=O)NC(C)C)cc1=O. The van der Waals surface area contributed by atoms with Gasteiger partial charge in [-0.3, -0.25) is 9.59 Å². The van der Waals surface area contributed by atoms with Crippen LogP contribution in [0.5, 0.6) is 0 Å². The Labute approximate surface area is 82.3 Å². The maximum Gasteiger partial charge on any atom is 0.268 e. The summed E-state index contributed by atoms with van der Waals surface area (Å²) in [6.45, 7) is 5.43. The van der Waals surface area contributed by atoms with Crippen LogP contribution in [0.2, 0.25) is 0 Å². The van der Waals surface area contributed by atoms with E-state index in [-0.39, 0.29) is 17.4 Å². The molecule has 1 aromatic heterocycles. The molecule has 1 heterocycles. The lowest BCUT2D eigenvalue weighted by Crippen LogP contribution is -2.31. The van der Waals surface area contributed by atoms with Gasteiger partial charge in [-0.15, -0.1) is 0 Å². The summed E-state index contributed by atoms with van der Waals surface area (Å²) in [4.78, 5) is 25.4. The number of H-pyrrole nitrogens is 1. The lowest BCUT2D eigenvalue weighted by molar-refractivity contribution is 0.0938. The molecule has 0 spiro atoms. The molecule has 1 aromatic rings. The second-order valence-corrected chi connectivity index (χ2v) is 3.52. The molecule has 4 nitrogen and oxygen atoms in total. The number of aromatic nitrogens is 1. The largest absolute Gasteiger partial charge is 0.357 e. The first kappa shape index (κ1) is 10.5. The van der Waals surface area contributed by atoms with Crippen molar-refractivity contribution < 1.29 is 4.79 Å². The van der Waals surface area contributed by atoms with Crippen LogP contribution in [0.25, 0.3) is 0 Å². The van der Waals surface area contributed by atoms with E-state index in [1.165, 1.54) is 12.3 Å². The first-order valence-electron chi connectivity index (χ1n) is 4.51. The molecule has 0 unspecified atom stereocenters. The zero-order valence-corrected chi connectivity index (χ0v) is 8.55. The number of nitrogens with one attached hydrogen (secondary N) is 2. The molecule has 0 saturated carbocycles. The second kappa shape index (κ2) is 4.09. The van der Waals surface area contributed by atoms with Crippen LogP contribution in [0.3, 0.4) is 0 Å². The predicted molar refractivity (Wildman–Crippen MR) is 54.4 cm³/mol. The Morgan fingerprint density at radius 3 is 2.64 bits per heavy atom. The third-order valence-electron chi connectivity index (χ3n) is 1.77. The van der Waals surface area contributed by atoms with Crippen molar-refractivity contribution in [2.75, 3.05) is 0 Å². The van der Waals surface area contributed by atoms with Crippen molar-refractivity contribution in [1.29, 1.82) is 0 Å². The first-order valence-corrected chi connectivity index (χ1v) is 4.51. The molecule has 0 saturated heterocycles. The monoisotopic (exact) mass is 194 g/mol. The van der Waals surface area contributed by atoms with Gasteiger partial charge in [0.1, 0.15) is 5.69 Å². The first-order chi connectivity index (χ1) is 6.50. The highest BCUT2D eigenvalue weighted by atomic mass is 16.2. The molecule has 0 fully saturated rings. The van der Waals surface area contributed by atoms with Crippen molar-refractivity contribution in [3.63, 3.8) is 0 Å². The van der Waals surface area contributed by atoms with E-state index in [1.54, 1.807) is 6.92 Å². The molecule has 2 N–H and O–H groups in total. The minimum absolute atomic E-state index is 0.0623. The summed E-state index contributed by atoms with van der Waals surface area (Å²) in [5.74, 6) is -0.253. The van der Waals surface area contributed by atoms with E-state index in [0.717, 1.165) is 0 Å². The molecule has 0 bridgehead atoms. The number of hydrogen-bond donors (Lipinski definition) is 2. The Morgan fingerprint density at radius 1 is 1.50 bits per heavy atom. The van der Waals surface area contributed by atoms with E-state index in [4.69, 9.17) is 0 Å². The molecule has 76 valence electrons. The second-order valence-electron chi connectivity index (χ2n) is 3.52. The lowest BCUT2D eigenvalue weighted by atomic mass is 10.2. The number of aryl methyl sites for hydroxylation is 1. The van der Waals surface area contributed by atoms with Crippen LogP contribution in [0.1, 0.15) is 29.9 Å². The Kier molecular flexibility index (Phi) is 3.06. The third-order valence-corrected chi connectivity index (χ3v) is 1.77. The fourth-order valence-corrected chi connectivity index (χ4v) is 1.01. The smallest absolute Gasteiger partial charge is 0.268 e. The van der Waals surface area contributed by atoms with Gasteiger partial charge in [0.2, 0.25) is 0 Å². The molecule has 0 aliphatic rings. The van der Waals surface area contributed by atoms with Gasteiger partial charge < -0.3 is 10.3 Å². The highest BCUT2D eigenvalue weighted by Gasteiger charge is 2.07. The van der Waals surface area contributed by atoms with Crippen LogP contribution in [0, 0.1) is 6.92 Å². The number of carbonyl (C=O) groups is 1. The molecule has 1 rings (SSSR count). The quantitative estimate of drug-likeness (QED) is 0.732. The highest BCUT2D eigenvalue weighted by Crippen LogP contribution is 1.93. The van der Waals surface area contributed by atoms with E-state index in [1.807, 2.05) is 13.8 Å². The minimum Gasteiger partial charge on any atom is -0.357 e. The number of pyridine rings is 1. The van der Waals surface area contributed by atoms with Gasteiger partial charge in [-0.25, -0.2) is 0 Å². The van der Waals surface area contributed by atoms with Crippen molar-refractivity contribution in [2.24, 2.45) is 0 Å². The Morgan fingerprint density at radius 2 is 2.14 bits per heavy atom. The van der Waals surface area contributed by atoms with Gasteiger partial charge in [0.05, 0.1) is 0 Å². The van der Waals surface area contributed by atoms with Gasteiger partial charge in [0.15, 0.2) is 5.43 Å². The maximum absolute atomic E-state index is 11.4. The van der Waals surface area contributed by atoms with Crippen molar-refractivity contribution >= 4 is 5.91 Å².